The predicted molar refractivity (Wildman–Crippen MR) is 103 cm³/mol. The second kappa shape index (κ2) is 10.2. The van der Waals surface area contributed by atoms with Crippen molar-refractivity contribution in [1.82, 2.24) is 4.90 Å². The van der Waals surface area contributed by atoms with Crippen LogP contribution in [-0.2, 0) is 16.1 Å². The van der Waals surface area contributed by atoms with Gasteiger partial charge in [-0.1, -0.05) is 44.2 Å². The first kappa shape index (κ1) is 22.0. The SMILES string of the molecule is CC.CC(C)(C)OC(=O)N1CCC(C#N)(COCc2ccccc2)CC1. The Morgan fingerprint density at radius 3 is 2.27 bits per heavy atom. The first-order valence-electron chi connectivity index (χ1n) is 9.34. The number of amides is 1. The zero-order valence-electron chi connectivity index (χ0n) is 16.7. The van der Waals surface area contributed by atoms with Gasteiger partial charge in [-0.3, -0.25) is 0 Å². The van der Waals surface area contributed by atoms with Crippen molar-refractivity contribution < 1.29 is 14.3 Å². The molecule has 0 unspecified atom stereocenters. The quantitative estimate of drug-likeness (QED) is 0.776. The zero-order chi connectivity index (χ0) is 19.6. The molecule has 26 heavy (non-hydrogen) atoms. The molecule has 1 saturated heterocycles. The molecule has 5 nitrogen and oxygen atoms in total. The molecule has 0 spiro atoms. The van der Waals surface area contributed by atoms with Crippen LogP contribution in [0.5, 0.6) is 0 Å². The first-order chi connectivity index (χ1) is 12.3. The number of rotatable bonds is 4. The van der Waals surface area contributed by atoms with Crippen LogP contribution in [0.2, 0.25) is 0 Å². The molecule has 1 aromatic carbocycles. The maximum atomic E-state index is 12.1. The summed E-state index contributed by atoms with van der Waals surface area (Å²) in [6.07, 6.45) is 0.911. The van der Waals surface area contributed by atoms with Crippen molar-refractivity contribution in [3.63, 3.8) is 0 Å². The Kier molecular flexibility index (Phi) is 8.60. The van der Waals surface area contributed by atoms with Crippen LogP contribution in [-0.4, -0.2) is 36.3 Å². The number of hydrogen-bond acceptors (Lipinski definition) is 4. The van der Waals surface area contributed by atoms with Gasteiger partial charge in [-0.25, -0.2) is 4.79 Å². The number of carbonyl (C=O) groups is 1. The van der Waals surface area contributed by atoms with Gasteiger partial charge in [0, 0.05) is 13.1 Å². The van der Waals surface area contributed by atoms with Crippen molar-refractivity contribution in [1.29, 1.82) is 5.26 Å². The number of piperidine rings is 1. The highest BCUT2D eigenvalue weighted by molar-refractivity contribution is 5.68. The van der Waals surface area contributed by atoms with Gasteiger partial charge in [0.2, 0.25) is 0 Å². The van der Waals surface area contributed by atoms with Gasteiger partial charge in [-0.2, -0.15) is 5.26 Å². The first-order valence-corrected chi connectivity index (χ1v) is 9.34. The molecule has 0 aromatic heterocycles. The summed E-state index contributed by atoms with van der Waals surface area (Å²) in [5.74, 6) is 0. The summed E-state index contributed by atoms with van der Waals surface area (Å²) in [6.45, 7) is 11.5. The fourth-order valence-corrected chi connectivity index (χ4v) is 2.67. The summed E-state index contributed by atoms with van der Waals surface area (Å²) in [5, 5.41) is 9.59. The smallest absolute Gasteiger partial charge is 0.410 e. The number of ether oxygens (including phenoxy) is 2. The van der Waals surface area contributed by atoms with Crippen molar-refractivity contribution in [3.8, 4) is 6.07 Å². The van der Waals surface area contributed by atoms with Crippen molar-refractivity contribution in [2.75, 3.05) is 19.7 Å². The summed E-state index contributed by atoms with van der Waals surface area (Å²) in [4.78, 5) is 13.8. The van der Waals surface area contributed by atoms with E-state index >= 15 is 0 Å². The van der Waals surface area contributed by atoms with Crippen molar-refractivity contribution in [2.24, 2.45) is 5.41 Å². The highest BCUT2D eigenvalue weighted by Gasteiger charge is 2.37. The summed E-state index contributed by atoms with van der Waals surface area (Å²) in [6, 6.07) is 12.3. The molecule has 1 fully saturated rings. The standard InChI is InChI=1S/C19H26N2O3.C2H6/c1-18(2,3)24-17(22)21-11-9-19(14-20,10-12-21)15-23-13-16-7-5-4-6-8-16;1-2/h4-8H,9-13,15H2,1-3H3;1-2H3. The lowest BCUT2D eigenvalue weighted by atomic mass is 9.80. The average molecular weight is 360 g/mol. The maximum absolute atomic E-state index is 12.1. The molecule has 144 valence electrons. The lowest BCUT2D eigenvalue weighted by Crippen LogP contribution is -2.46. The fourth-order valence-electron chi connectivity index (χ4n) is 2.67. The molecule has 1 aliphatic rings. The molecule has 1 aliphatic heterocycles. The second-order valence-electron chi connectivity index (χ2n) is 7.34. The van der Waals surface area contributed by atoms with E-state index in [4.69, 9.17) is 9.47 Å². The predicted octanol–water partition coefficient (Wildman–Crippen LogP) is 4.77. The minimum absolute atomic E-state index is 0.306. The van der Waals surface area contributed by atoms with Crippen LogP contribution in [0.3, 0.4) is 0 Å². The number of nitriles is 1. The third kappa shape index (κ3) is 7.05. The monoisotopic (exact) mass is 360 g/mol. The Morgan fingerprint density at radius 1 is 1.19 bits per heavy atom. The van der Waals surface area contributed by atoms with Gasteiger partial charge in [-0.05, 0) is 39.2 Å². The Labute approximate surface area is 157 Å². The molecule has 0 saturated carbocycles. The van der Waals surface area contributed by atoms with Crippen LogP contribution < -0.4 is 0 Å². The Bertz CT molecular complexity index is 580. The van der Waals surface area contributed by atoms with E-state index in [2.05, 4.69) is 6.07 Å². The molecule has 0 bridgehead atoms. The lowest BCUT2D eigenvalue weighted by molar-refractivity contribution is -0.00212. The summed E-state index contributed by atoms with van der Waals surface area (Å²) < 4.78 is 11.2. The summed E-state index contributed by atoms with van der Waals surface area (Å²) >= 11 is 0. The molecule has 1 aromatic rings. The van der Waals surface area contributed by atoms with E-state index in [-0.39, 0.29) is 6.09 Å². The minimum atomic E-state index is -0.521. The zero-order valence-corrected chi connectivity index (χ0v) is 16.7. The van der Waals surface area contributed by atoms with Crippen LogP contribution in [0.25, 0.3) is 0 Å². The summed E-state index contributed by atoms with van der Waals surface area (Å²) in [5.41, 5.74) is 0.0733. The molecule has 5 heteroatoms. The van der Waals surface area contributed by atoms with Gasteiger partial charge >= 0.3 is 6.09 Å². The Balaban J connectivity index is 0.00000163. The third-order valence-corrected chi connectivity index (χ3v) is 4.10. The number of hydrogen-bond donors (Lipinski definition) is 0. The lowest BCUT2D eigenvalue weighted by Gasteiger charge is -2.37. The van der Waals surface area contributed by atoms with Crippen LogP contribution in [0.15, 0.2) is 30.3 Å². The van der Waals surface area contributed by atoms with Crippen molar-refractivity contribution in [3.05, 3.63) is 35.9 Å². The van der Waals surface area contributed by atoms with E-state index in [9.17, 15) is 10.1 Å². The molecule has 0 radical (unpaired) electrons. The number of likely N-dealkylation sites (tertiary alicyclic amines) is 1. The molecule has 2 rings (SSSR count). The van der Waals surface area contributed by atoms with Gasteiger partial charge in [0.15, 0.2) is 0 Å². The van der Waals surface area contributed by atoms with Crippen LogP contribution in [0.1, 0.15) is 53.0 Å². The fraction of sp³-hybridized carbons (Fsp3) is 0.619. The molecular formula is C21H32N2O3. The van der Waals surface area contributed by atoms with E-state index in [0.717, 1.165) is 5.56 Å². The molecular weight excluding hydrogens is 328 g/mol. The van der Waals surface area contributed by atoms with Gasteiger partial charge in [-0.15, -0.1) is 0 Å². The largest absolute Gasteiger partial charge is 0.444 e. The van der Waals surface area contributed by atoms with Gasteiger partial charge in [0.05, 0.1) is 24.7 Å². The topological polar surface area (TPSA) is 62.6 Å². The van der Waals surface area contributed by atoms with E-state index in [1.165, 1.54) is 0 Å². The van der Waals surface area contributed by atoms with E-state index in [1.54, 1.807) is 4.90 Å². The highest BCUT2D eigenvalue weighted by Crippen LogP contribution is 2.32. The van der Waals surface area contributed by atoms with E-state index < -0.39 is 11.0 Å². The molecule has 0 N–H and O–H groups in total. The molecule has 0 atom stereocenters. The number of carbonyl (C=O) groups excluding carboxylic acids is 1. The van der Waals surface area contributed by atoms with Crippen molar-refractivity contribution in [2.45, 2.75) is 59.7 Å². The van der Waals surface area contributed by atoms with Crippen LogP contribution >= 0.6 is 0 Å². The molecule has 1 heterocycles. The number of nitrogens with zero attached hydrogens (tertiary/aromatic N) is 2. The van der Waals surface area contributed by atoms with E-state index in [0.29, 0.717) is 39.1 Å². The van der Waals surface area contributed by atoms with Crippen molar-refractivity contribution >= 4 is 6.09 Å². The van der Waals surface area contributed by atoms with Gasteiger partial charge < -0.3 is 14.4 Å². The highest BCUT2D eigenvalue weighted by atomic mass is 16.6. The average Bonchev–Trinajstić information content (AvgIpc) is 2.63. The number of benzene rings is 1. The molecule has 1 amide bonds. The van der Waals surface area contributed by atoms with Gasteiger partial charge in [0.25, 0.3) is 0 Å². The second-order valence-corrected chi connectivity index (χ2v) is 7.34. The Morgan fingerprint density at radius 2 is 1.77 bits per heavy atom. The normalized spacial score (nSPS) is 16.1. The minimum Gasteiger partial charge on any atom is -0.444 e. The Hall–Kier alpha value is -2.06. The molecule has 0 aliphatic carbocycles. The maximum Gasteiger partial charge on any atom is 0.410 e. The van der Waals surface area contributed by atoms with Gasteiger partial charge in [0.1, 0.15) is 5.60 Å². The summed E-state index contributed by atoms with van der Waals surface area (Å²) in [7, 11) is 0. The van der Waals surface area contributed by atoms with Crippen LogP contribution in [0.4, 0.5) is 4.79 Å². The third-order valence-electron chi connectivity index (χ3n) is 4.10. The van der Waals surface area contributed by atoms with E-state index in [1.807, 2.05) is 65.0 Å². The van der Waals surface area contributed by atoms with Crippen LogP contribution in [0, 0.1) is 16.7 Å².